The monoisotopic (exact) mass is 299 g/mol. The van der Waals surface area contributed by atoms with Crippen molar-refractivity contribution in [1.29, 1.82) is 0 Å². The Hall–Kier alpha value is -2.89. The largest absolute Gasteiger partial charge is 0.508 e. The summed E-state index contributed by atoms with van der Waals surface area (Å²) in [5.74, 6) is -0.226. The van der Waals surface area contributed by atoms with Crippen LogP contribution in [0.3, 0.4) is 0 Å². The van der Waals surface area contributed by atoms with Gasteiger partial charge in [0.1, 0.15) is 11.5 Å². The first kappa shape index (κ1) is 14.1. The van der Waals surface area contributed by atoms with Gasteiger partial charge in [0.25, 0.3) is 5.69 Å². The highest BCUT2D eigenvalue weighted by Gasteiger charge is 2.45. The number of nitro benzene ring substituents is 1. The first-order valence-electron chi connectivity index (χ1n) is 6.79. The maximum absolute atomic E-state index is 12.0. The minimum Gasteiger partial charge on any atom is -0.508 e. The molecule has 0 aliphatic heterocycles. The number of carbonyl (C=O) groups is 1. The van der Waals surface area contributed by atoms with Crippen LogP contribution in [-0.4, -0.2) is 16.0 Å². The molecule has 6 heteroatoms. The van der Waals surface area contributed by atoms with Crippen LogP contribution < -0.4 is 4.74 Å². The number of hydrogen-bond donors (Lipinski definition) is 1. The molecule has 0 saturated heterocycles. The van der Waals surface area contributed by atoms with Gasteiger partial charge < -0.3 is 9.84 Å². The van der Waals surface area contributed by atoms with Crippen LogP contribution in [0.25, 0.3) is 0 Å². The summed E-state index contributed by atoms with van der Waals surface area (Å²) in [5, 5.41) is 19.9. The minimum atomic E-state index is -0.454. The van der Waals surface area contributed by atoms with Crippen molar-refractivity contribution in [1.82, 2.24) is 0 Å². The van der Waals surface area contributed by atoms with Crippen LogP contribution in [0.15, 0.2) is 48.5 Å². The number of non-ortho nitro benzene ring substituents is 1. The third kappa shape index (κ3) is 2.90. The van der Waals surface area contributed by atoms with Crippen molar-refractivity contribution in [2.75, 3.05) is 0 Å². The Bertz CT molecular complexity index is 726. The van der Waals surface area contributed by atoms with E-state index in [9.17, 15) is 20.0 Å². The molecule has 22 heavy (non-hydrogen) atoms. The molecule has 0 heterocycles. The van der Waals surface area contributed by atoms with Gasteiger partial charge in [-0.2, -0.15) is 0 Å². The molecular weight excluding hydrogens is 286 g/mol. The van der Waals surface area contributed by atoms with E-state index in [2.05, 4.69) is 0 Å². The molecule has 2 atom stereocenters. The van der Waals surface area contributed by atoms with Gasteiger partial charge in [0.2, 0.25) is 0 Å². The predicted molar refractivity (Wildman–Crippen MR) is 77.7 cm³/mol. The van der Waals surface area contributed by atoms with Crippen molar-refractivity contribution in [3.05, 3.63) is 64.2 Å². The molecule has 2 unspecified atom stereocenters. The van der Waals surface area contributed by atoms with Gasteiger partial charge in [0, 0.05) is 18.2 Å². The fraction of sp³-hybridized carbons (Fsp3) is 0.188. The van der Waals surface area contributed by atoms with Crippen LogP contribution in [-0.2, 0) is 4.79 Å². The summed E-state index contributed by atoms with van der Waals surface area (Å²) < 4.78 is 5.23. The van der Waals surface area contributed by atoms with E-state index in [1.807, 2.05) is 0 Å². The van der Waals surface area contributed by atoms with Crippen LogP contribution in [0.5, 0.6) is 11.5 Å². The van der Waals surface area contributed by atoms with Crippen LogP contribution in [0.4, 0.5) is 5.69 Å². The van der Waals surface area contributed by atoms with Crippen LogP contribution >= 0.6 is 0 Å². The first-order valence-corrected chi connectivity index (χ1v) is 6.79. The second-order valence-electron chi connectivity index (χ2n) is 5.22. The molecule has 1 saturated carbocycles. The molecule has 6 nitrogen and oxygen atoms in total. The number of nitro groups is 1. The van der Waals surface area contributed by atoms with Crippen molar-refractivity contribution < 1.29 is 19.6 Å². The summed E-state index contributed by atoms with van der Waals surface area (Å²) in [6.07, 6.45) is 0.662. The summed E-state index contributed by atoms with van der Waals surface area (Å²) in [5.41, 5.74) is 0.923. The molecule has 1 aliphatic rings. The lowest BCUT2D eigenvalue weighted by Gasteiger charge is -2.04. The van der Waals surface area contributed by atoms with E-state index in [1.54, 1.807) is 24.3 Å². The number of hydrogen-bond acceptors (Lipinski definition) is 5. The Balaban J connectivity index is 1.64. The predicted octanol–water partition coefficient (Wildman–Crippen LogP) is 3.01. The average molecular weight is 299 g/mol. The minimum absolute atomic E-state index is 0.0308. The average Bonchev–Trinajstić information content (AvgIpc) is 3.28. The number of rotatable bonds is 4. The molecule has 2 aromatic rings. The Labute approximate surface area is 126 Å². The van der Waals surface area contributed by atoms with E-state index in [-0.39, 0.29) is 29.2 Å². The van der Waals surface area contributed by atoms with Crippen molar-refractivity contribution in [3.8, 4) is 11.5 Å². The highest BCUT2D eigenvalue weighted by molar-refractivity contribution is 5.79. The Kier molecular flexibility index (Phi) is 3.50. The summed E-state index contributed by atoms with van der Waals surface area (Å²) >= 11 is 0. The van der Waals surface area contributed by atoms with Gasteiger partial charge in [-0.05, 0) is 30.0 Å². The number of carbonyl (C=O) groups excluding carboxylic acids is 1. The van der Waals surface area contributed by atoms with Crippen LogP contribution in [0.2, 0.25) is 0 Å². The molecule has 0 amide bonds. The first-order chi connectivity index (χ1) is 10.5. The summed E-state index contributed by atoms with van der Waals surface area (Å²) in [7, 11) is 0. The molecule has 112 valence electrons. The molecule has 0 aromatic heterocycles. The van der Waals surface area contributed by atoms with Crippen molar-refractivity contribution in [2.45, 2.75) is 12.3 Å². The van der Waals surface area contributed by atoms with Crippen molar-refractivity contribution in [2.24, 2.45) is 5.92 Å². The smallest absolute Gasteiger partial charge is 0.314 e. The summed E-state index contributed by atoms with van der Waals surface area (Å²) in [4.78, 5) is 22.2. The number of phenols is 1. The Morgan fingerprint density at radius 3 is 2.59 bits per heavy atom. The lowest BCUT2D eigenvalue weighted by atomic mass is 10.1. The van der Waals surface area contributed by atoms with Gasteiger partial charge in [0.15, 0.2) is 0 Å². The molecule has 0 spiro atoms. The number of nitrogens with zero attached hydrogens (tertiary/aromatic N) is 1. The van der Waals surface area contributed by atoms with E-state index in [1.165, 1.54) is 24.3 Å². The molecule has 2 aromatic carbocycles. The fourth-order valence-electron chi connectivity index (χ4n) is 2.41. The van der Waals surface area contributed by atoms with Gasteiger partial charge in [0.05, 0.1) is 10.8 Å². The molecule has 0 radical (unpaired) electrons. The SMILES string of the molecule is O=C(Oc1cccc(O)c1)C1CC1c1ccc([N+](=O)[O-])cc1. The quantitative estimate of drug-likeness (QED) is 0.405. The lowest BCUT2D eigenvalue weighted by molar-refractivity contribution is -0.384. The second kappa shape index (κ2) is 5.48. The third-order valence-corrected chi connectivity index (χ3v) is 3.66. The molecule has 1 aliphatic carbocycles. The van der Waals surface area contributed by atoms with E-state index < -0.39 is 4.92 Å². The molecule has 1 fully saturated rings. The fourth-order valence-corrected chi connectivity index (χ4v) is 2.41. The second-order valence-corrected chi connectivity index (χ2v) is 5.22. The van der Waals surface area contributed by atoms with E-state index in [0.29, 0.717) is 12.2 Å². The van der Waals surface area contributed by atoms with Crippen LogP contribution in [0.1, 0.15) is 17.9 Å². The maximum atomic E-state index is 12.0. The van der Waals surface area contributed by atoms with Crippen LogP contribution in [0, 0.1) is 16.0 Å². The highest BCUT2D eigenvalue weighted by Crippen LogP contribution is 2.48. The molecule has 0 bridgehead atoms. The van der Waals surface area contributed by atoms with Crippen molar-refractivity contribution in [3.63, 3.8) is 0 Å². The third-order valence-electron chi connectivity index (χ3n) is 3.66. The van der Waals surface area contributed by atoms with Crippen molar-refractivity contribution >= 4 is 11.7 Å². The van der Waals surface area contributed by atoms with Gasteiger partial charge in [-0.1, -0.05) is 18.2 Å². The number of phenolic OH excluding ortho intramolecular Hbond substituents is 1. The normalized spacial score (nSPS) is 19.5. The molecule has 3 rings (SSSR count). The molecule has 1 N–H and O–H groups in total. The summed E-state index contributed by atoms with van der Waals surface area (Å²) in [6.45, 7) is 0. The Morgan fingerprint density at radius 1 is 1.23 bits per heavy atom. The van der Waals surface area contributed by atoms with Gasteiger partial charge >= 0.3 is 5.97 Å². The van der Waals surface area contributed by atoms with E-state index >= 15 is 0 Å². The Morgan fingerprint density at radius 2 is 1.95 bits per heavy atom. The number of esters is 1. The van der Waals surface area contributed by atoms with E-state index in [0.717, 1.165) is 5.56 Å². The van der Waals surface area contributed by atoms with Gasteiger partial charge in [-0.25, -0.2) is 0 Å². The van der Waals surface area contributed by atoms with Gasteiger partial charge in [-0.3, -0.25) is 14.9 Å². The number of benzene rings is 2. The number of ether oxygens (including phenoxy) is 1. The number of aromatic hydroxyl groups is 1. The van der Waals surface area contributed by atoms with Gasteiger partial charge in [-0.15, -0.1) is 0 Å². The summed E-state index contributed by atoms with van der Waals surface area (Å²) in [6, 6.07) is 12.3. The zero-order valence-electron chi connectivity index (χ0n) is 11.5. The highest BCUT2D eigenvalue weighted by atomic mass is 16.6. The zero-order chi connectivity index (χ0) is 15.7. The molecular formula is C16H13NO5. The standard InChI is InChI=1S/C16H13NO5/c18-12-2-1-3-13(8-12)22-16(19)15-9-14(15)10-4-6-11(7-5-10)17(20)21/h1-8,14-15,18H,9H2. The van der Waals surface area contributed by atoms with E-state index in [4.69, 9.17) is 4.74 Å². The lowest BCUT2D eigenvalue weighted by Crippen LogP contribution is -2.11. The maximum Gasteiger partial charge on any atom is 0.314 e. The topological polar surface area (TPSA) is 89.7 Å². The zero-order valence-corrected chi connectivity index (χ0v) is 11.5.